The SMILES string of the molecule is Cc1nc2ccc(C(=O)N3CCN(S(N)(=O)=O)CC3)cc2[nH]1. The zero-order valence-corrected chi connectivity index (χ0v) is 12.9. The Morgan fingerprint density at radius 2 is 1.95 bits per heavy atom. The van der Waals surface area contributed by atoms with E-state index in [0.717, 1.165) is 16.9 Å². The number of nitrogens with one attached hydrogen (secondary N) is 1. The van der Waals surface area contributed by atoms with Gasteiger partial charge in [-0.15, -0.1) is 0 Å². The highest BCUT2D eigenvalue weighted by molar-refractivity contribution is 7.86. The predicted molar refractivity (Wildman–Crippen MR) is 81.4 cm³/mol. The number of imidazole rings is 1. The summed E-state index contributed by atoms with van der Waals surface area (Å²) in [6.07, 6.45) is 0. The van der Waals surface area contributed by atoms with Gasteiger partial charge in [0.15, 0.2) is 0 Å². The van der Waals surface area contributed by atoms with Crippen LogP contribution in [0.4, 0.5) is 0 Å². The normalized spacial score (nSPS) is 17.1. The number of carbonyl (C=O) groups is 1. The van der Waals surface area contributed by atoms with Gasteiger partial charge in [-0.1, -0.05) is 0 Å². The minimum atomic E-state index is -3.68. The van der Waals surface area contributed by atoms with Gasteiger partial charge < -0.3 is 9.88 Å². The fourth-order valence-corrected chi connectivity index (χ4v) is 3.27. The smallest absolute Gasteiger partial charge is 0.277 e. The molecule has 3 N–H and O–H groups in total. The molecular formula is C13H17N5O3S. The minimum Gasteiger partial charge on any atom is -0.342 e. The highest BCUT2D eigenvalue weighted by atomic mass is 32.2. The minimum absolute atomic E-state index is 0.122. The van der Waals surface area contributed by atoms with Crippen LogP contribution in [0.3, 0.4) is 0 Å². The number of fused-ring (bicyclic) bond motifs is 1. The van der Waals surface area contributed by atoms with Crippen LogP contribution in [0.15, 0.2) is 18.2 Å². The van der Waals surface area contributed by atoms with Crippen molar-refractivity contribution in [3.8, 4) is 0 Å². The first kappa shape index (κ1) is 14.9. The Morgan fingerprint density at radius 1 is 1.27 bits per heavy atom. The van der Waals surface area contributed by atoms with Gasteiger partial charge in [0, 0.05) is 31.7 Å². The van der Waals surface area contributed by atoms with Crippen molar-refractivity contribution in [2.24, 2.45) is 5.14 Å². The average Bonchev–Trinajstić information content (AvgIpc) is 2.84. The van der Waals surface area contributed by atoms with Crippen molar-refractivity contribution in [2.45, 2.75) is 6.92 Å². The van der Waals surface area contributed by atoms with E-state index in [9.17, 15) is 13.2 Å². The molecule has 1 saturated heterocycles. The van der Waals surface area contributed by atoms with E-state index in [4.69, 9.17) is 5.14 Å². The Kier molecular flexibility index (Phi) is 3.63. The Morgan fingerprint density at radius 3 is 2.59 bits per heavy atom. The molecule has 0 saturated carbocycles. The summed E-state index contributed by atoms with van der Waals surface area (Å²) in [5.41, 5.74) is 2.18. The highest BCUT2D eigenvalue weighted by Crippen LogP contribution is 2.16. The van der Waals surface area contributed by atoms with Crippen LogP contribution in [0.2, 0.25) is 0 Å². The van der Waals surface area contributed by atoms with E-state index >= 15 is 0 Å². The molecule has 118 valence electrons. The molecule has 0 atom stereocenters. The molecule has 1 fully saturated rings. The fraction of sp³-hybridized carbons (Fsp3) is 0.385. The molecule has 2 heterocycles. The number of H-pyrrole nitrogens is 1. The molecule has 3 rings (SSSR count). The van der Waals surface area contributed by atoms with Crippen molar-refractivity contribution in [1.82, 2.24) is 19.2 Å². The molecule has 9 heteroatoms. The second kappa shape index (κ2) is 5.34. The van der Waals surface area contributed by atoms with Crippen molar-refractivity contribution >= 4 is 27.1 Å². The maximum absolute atomic E-state index is 12.5. The summed E-state index contributed by atoms with van der Waals surface area (Å²) in [5, 5.41) is 5.09. The molecule has 2 aromatic rings. The van der Waals surface area contributed by atoms with Crippen molar-refractivity contribution in [3.63, 3.8) is 0 Å². The van der Waals surface area contributed by atoms with Crippen LogP contribution < -0.4 is 5.14 Å². The Hall–Kier alpha value is -1.97. The summed E-state index contributed by atoms with van der Waals surface area (Å²) in [6, 6.07) is 5.30. The summed E-state index contributed by atoms with van der Waals surface area (Å²) >= 11 is 0. The number of aryl methyl sites for hydroxylation is 1. The molecule has 8 nitrogen and oxygen atoms in total. The molecule has 0 unspecified atom stereocenters. The van der Waals surface area contributed by atoms with Gasteiger partial charge in [0.05, 0.1) is 11.0 Å². The lowest BCUT2D eigenvalue weighted by Crippen LogP contribution is -2.52. The zero-order chi connectivity index (χ0) is 15.9. The number of nitrogens with two attached hydrogens (primary N) is 1. The molecule has 22 heavy (non-hydrogen) atoms. The standard InChI is InChI=1S/C13H17N5O3S/c1-9-15-11-3-2-10(8-12(11)16-9)13(19)17-4-6-18(7-5-17)22(14,20)21/h2-3,8H,4-7H2,1H3,(H,15,16)(H2,14,20,21). The average molecular weight is 323 g/mol. The molecular weight excluding hydrogens is 306 g/mol. The van der Waals surface area contributed by atoms with Gasteiger partial charge in [-0.25, -0.2) is 10.1 Å². The van der Waals surface area contributed by atoms with E-state index in [2.05, 4.69) is 9.97 Å². The van der Waals surface area contributed by atoms with Gasteiger partial charge in [0.2, 0.25) is 0 Å². The van der Waals surface area contributed by atoms with E-state index in [-0.39, 0.29) is 19.0 Å². The molecule has 1 aliphatic rings. The summed E-state index contributed by atoms with van der Waals surface area (Å²) in [7, 11) is -3.68. The molecule has 0 radical (unpaired) electrons. The van der Waals surface area contributed by atoms with E-state index in [1.807, 2.05) is 6.92 Å². The monoisotopic (exact) mass is 323 g/mol. The number of nitrogens with zero attached hydrogens (tertiary/aromatic N) is 3. The summed E-state index contributed by atoms with van der Waals surface area (Å²) in [6.45, 7) is 2.95. The molecule has 0 aliphatic carbocycles. The van der Waals surface area contributed by atoms with Crippen molar-refractivity contribution < 1.29 is 13.2 Å². The van der Waals surface area contributed by atoms with Crippen LogP contribution >= 0.6 is 0 Å². The Balaban J connectivity index is 1.76. The van der Waals surface area contributed by atoms with Gasteiger partial charge in [0.1, 0.15) is 5.82 Å². The van der Waals surface area contributed by atoms with Gasteiger partial charge in [0.25, 0.3) is 16.1 Å². The molecule has 1 amide bonds. The van der Waals surface area contributed by atoms with E-state index < -0.39 is 10.2 Å². The summed E-state index contributed by atoms with van der Waals surface area (Å²) < 4.78 is 23.7. The molecule has 0 spiro atoms. The van der Waals surface area contributed by atoms with Crippen LogP contribution in [0.1, 0.15) is 16.2 Å². The van der Waals surface area contributed by atoms with Gasteiger partial charge >= 0.3 is 0 Å². The number of benzene rings is 1. The van der Waals surface area contributed by atoms with E-state index in [0.29, 0.717) is 18.7 Å². The quantitative estimate of drug-likeness (QED) is 0.799. The molecule has 1 aliphatic heterocycles. The van der Waals surface area contributed by atoms with Gasteiger partial charge in [-0.2, -0.15) is 12.7 Å². The number of amides is 1. The third-order valence-corrected chi connectivity index (χ3v) is 4.82. The first-order valence-electron chi connectivity index (χ1n) is 6.88. The van der Waals surface area contributed by atoms with Gasteiger partial charge in [-0.3, -0.25) is 4.79 Å². The second-order valence-electron chi connectivity index (χ2n) is 5.29. The third-order valence-electron chi connectivity index (χ3n) is 3.73. The van der Waals surface area contributed by atoms with Crippen molar-refractivity contribution in [3.05, 3.63) is 29.6 Å². The van der Waals surface area contributed by atoms with Crippen molar-refractivity contribution in [2.75, 3.05) is 26.2 Å². The predicted octanol–water partition coefficient (Wildman–Crippen LogP) is -0.167. The number of hydrogen-bond donors (Lipinski definition) is 2. The van der Waals surface area contributed by atoms with Crippen LogP contribution in [0.25, 0.3) is 11.0 Å². The molecule has 1 aromatic carbocycles. The first-order chi connectivity index (χ1) is 10.3. The number of carbonyl (C=O) groups excluding carboxylic acids is 1. The van der Waals surface area contributed by atoms with Crippen LogP contribution in [0.5, 0.6) is 0 Å². The lowest BCUT2D eigenvalue weighted by atomic mass is 10.1. The fourth-order valence-electron chi connectivity index (χ4n) is 2.60. The number of rotatable bonds is 2. The van der Waals surface area contributed by atoms with Crippen LogP contribution in [0, 0.1) is 6.92 Å². The Bertz CT molecular complexity index is 821. The number of piperazine rings is 1. The molecule has 1 aromatic heterocycles. The van der Waals surface area contributed by atoms with E-state index in [1.54, 1.807) is 23.1 Å². The second-order valence-corrected chi connectivity index (χ2v) is 6.84. The van der Waals surface area contributed by atoms with Crippen LogP contribution in [-0.2, 0) is 10.2 Å². The van der Waals surface area contributed by atoms with E-state index in [1.165, 1.54) is 4.31 Å². The number of hydrogen-bond acceptors (Lipinski definition) is 4. The highest BCUT2D eigenvalue weighted by Gasteiger charge is 2.27. The maximum Gasteiger partial charge on any atom is 0.277 e. The summed E-state index contributed by atoms with van der Waals surface area (Å²) in [4.78, 5) is 21.5. The maximum atomic E-state index is 12.5. The van der Waals surface area contributed by atoms with Crippen molar-refractivity contribution in [1.29, 1.82) is 0 Å². The first-order valence-corrected chi connectivity index (χ1v) is 8.38. The topological polar surface area (TPSA) is 112 Å². The Labute approximate surface area is 128 Å². The lowest BCUT2D eigenvalue weighted by Gasteiger charge is -2.32. The largest absolute Gasteiger partial charge is 0.342 e. The van der Waals surface area contributed by atoms with Crippen LogP contribution in [-0.4, -0.2) is 59.7 Å². The molecule has 0 bridgehead atoms. The zero-order valence-electron chi connectivity index (χ0n) is 12.1. The number of aromatic nitrogens is 2. The summed E-state index contributed by atoms with van der Waals surface area (Å²) in [5.74, 6) is 0.671. The third kappa shape index (κ3) is 2.82. The lowest BCUT2D eigenvalue weighted by molar-refractivity contribution is 0.0698. The van der Waals surface area contributed by atoms with Gasteiger partial charge in [-0.05, 0) is 25.1 Å². The number of aromatic amines is 1.